The van der Waals surface area contributed by atoms with Crippen LogP contribution in [0.4, 0.5) is 0 Å². The van der Waals surface area contributed by atoms with Gasteiger partial charge in [-0.15, -0.1) is 0 Å². The monoisotopic (exact) mass is 393 g/mol. The van der Waals surface area contributed by atoms with Gasteiger partial charge in [-0.3, -0.25) is 0 Å². The third-order valence-corrected chi connectivity index (χ3v) is 4.47. The Kier molecular flexibility index (Phi) is 4.05. The van der Waals surface area contributed by atoms with E-state index < -0.39 is 0 Å². The van der Waals surface area contributed by atoms with Gasteiger partial charge in [-0.1, -0.05) is 6.07 Å². The van der Waals surface area contributed by atoms with E-state index in [-0.39, 0.29) is 0 Å². The molecule has 4 heteroatoms. The number of aromatic nitrogens is 1. The van der Waals surface area contributed by atoms with Crippen LogP contribution in [0, 0.1) is 3.57 Å². The first-order chi connectivity index (χ1) is 10.2. The van der Waals surface area contributed by atoms with Gasteiger partial charge in [0.05, 0.1) is 14.2 Å². The smallest absolute Gasteiger partial charge is 0.122 e. The average molecular weight is 393 g/mol. The number of halogens is 1. The highest BCUT2D eigenvalue weighted by Crippen LogP contribution is 2.26. The van der Waals surface area contributed by atoms with Crippen molar-refractivity contribution in [1.82, 2.24) is 4.57 Å². The zero-order valence-corrected chi connectivity index (χ0v) is 14.1. The van der Waals surface area contributed by atoms with Crippen molar-refractivity contribution in [3.8, 4) is 11.5 Å². The predicted octanol–water partition coefficient (Wildman–Crippen LogP) is 4.31. The lowest BCUT2D eigenvalue weighted by molar-refractivity contribution is 0.393. The number of methoxy groups -OCH3 is 2. The van der Waals surface area contributed by atoms with Crippen molar-refractivity contribution in [2.24, 2.45) is 0 Å². The van der Waals surface area contributed by atoms with Crippen molar-refractivity contribution < 1.29 is 9.47 Å². The molecule has 0 N–H and O–H groups in total. The average Bonchev–Trinajstić information content (AvgIpc) is 2.91. The number of fused-ring (bicyclic) bond motifs is 1. The highest BCUT2D eigenvalue weighted by atomic mass is 127. The van der Waals surface area contributed by atoms with Crippen LogP contribution < -0.4 is 9.47 Å². The molecule has 0 radical (unpaired) electrons. The van der Waals surface area contributed by atoms with Crippen LogP contribution >= 0.6 is 22.6 Å². The Morgan fingerprint density at radius 1 is 1.00 bits per heavy atom. The van der Waals surface area contributed by atoms with Crippen molar-refractivity contribution >= 4 is 33.5 Å². The molecule has 0 aliphatic carbocycles. The molecule has 0 aliphatic heterocycles. The van der Waals surface area contributed by atoms with E-state index in [0.29, 0.717) is 0 Å². The number of ether oxygens (including phenoxy) is 2. The molecule has 0 unspecified atom stereocenters. The quantitative estimate of drug-likeness (QED) is 0.617. The summed E-state index contributed by atoms with van der Waals surface area (Å²) in [6.07, 6.45) is 2.12. The Morgan fingerprint density at radius 2 is 1.71 bits per heavy atom. The summed E-state index contributed by atoms with van der Waals surface area (Å²) >= 11 is 2.37. The van der Waals surface area contributed by atoms with E-state index in [4.69, 9.17) is 9.47 Å². The molecule has 0 fully saturated rings. The second kappa shape index (κ2) is 5.97. The second-order valence-corrected chi connectivity index (χ2v) is 6.00. The Morgan fingerprint density at radius 3 is 2.38 bits per heavy atom. The Balaban J connectivity index is 2.00. The fourth-order valence-corrected chi connectivity index (χ4v) is 3.14. The summed E-state index contributed by atoms with van der Waals surface area (Å²) in [7, 11) is 3.35. The summed E-state index contributed by atoms with van der Waals surface area (Å²) in [5, 5.41) is 1.29. The van der Waals surface area contributed by atoms with Crippen molar-refractivity contribution in [1.29, 1.82) is 0 Å². The maximum Gasteiger partial charge on any atom is 0.122 e. The molecule has 3 rings (SSSR count). The Labute approximate surface area is 137 Å². The van der Waals surface area contributed by atoms with Gasteiger partial charge in [-0.05, 0) is 58.5 Å². The molecule has 0 aliphatic rings. The van der Waals surface area contributed by atoms with E-state index in [1.807, 2.05) is 18.2 Å². The summed E-state index contributed by atoms with van der Waals surface area (Å²) < 4.78 is 14.2. The number of hydrogen-bond acceptors (Lipinski definition) is 2. The third-order valence-electron chi connectivity index (χ3n) is 3.52. The van der Waals surface area contributed by atoms with E-state index in [2.05, 4.69) is 57.6 Å². The van der Waals surface area contributed by atoms with Gasteiger partial charge in [0.15, 0.2) is 0 Å². The number of nitrogens with zero attached hydrogens (tertiary/aromatic N) is 1. The van der Waals surface area contributed by atoms with Crippen molar-refractivity contribution in [2.75, 3.05) is 14.2 Å². The van der Waals surface area contributed by atoms with Gasteiger partial charge >= 0.3 is 0 Å². The van der Waals surface area contributed by atoms with Crippen LogP contribution in [0.2, 0.25) is 0 Å². The first-order valence-electron chi connectivity index (χ1n) is 6.66. The van der Waals surface area contributed by atoms with Gasteiger partial charge in [0.25, 0.3) is 0 Å². The molecule has 3 nitrogen and oxygen atoms in total. The molecular weight excluding hydrogens is 377 g/mol. The molecule has 1 aromatic heterocycles. The van der Waals surface area contributed by atoms with Crippen LogP contribution in [0.3, 0.4) is 0 Å². The third kappa shape index (κ3) is 2.85. The van der Waals surface area contributed by atoms with Gasteiger partial charge in [-0.25, -0.2) is 0 Å². The van der Waals surface area contributed by atoms with Crippen molar-refractivity contribution in [3.63, 3.8) is 0 Å². The molecule has 108 valence electrons. The van der Waals surface area contributed by atoms with Gasteiger partial charge < -0.3 is 14.0 Å². The molecule has 2 aromatic carbocycles. The molecule has 1 heterocycles. The fraction of sp³-hybridized carbons (Fsp3) is 0.176. The van der Waals surface area contributed by atoms with E-state index in [0.717, 1.165) is 23.6 Å². The molecule has 0 spiro atoms. The minimum atomic E-state index is 0.789. The highest BCUT2D eigenvalue weighted by Gasteiger charge is 2.06. The molecular formula is C17H16INO2. The zero-order valence-electron chi connectivity index (χ0n) is 12.0. The first kappa shape index (κ1) is 14.3. The Bertz CT molecular complexity index is 757. The van der Waals surface area contributed by atoms with E-state index in [1.54, 1.807) is 14.2 Å². The molecule has 0 atom stereocenters. The maximum absolute atomic E-state index is 5.33. The van der Waals surface area contributed by atoms with Crippen molar-refractivity contribution in [2.45, 2.75) is 6.54 Å². The van der Waals surface area contributed by atoms with Crippen LogP contribution in [0.5, 0.6) is 11.5 Å². The summed E-state index contributed by atoms with van der Waals surface area (Å²) in [4.78, 5) is 0. The van der Waals surface area contributed by atoms with Crippen LogP contribution in [-0.2, 0) is 6.54 Å². The molecule has 0 bridgehead atoms. The van der Waals surface area contributed by atoms with E-state index in [9.17, 15) is 0 Å². The topological polar surface area (TPSA) is 23.4 Å². The van der Waals surface area contributed by atoms with E-state index >= 15 is 0 Å². The fourth-order valence-electron chi connectivity index (χ4n) is 2.48. The predicted molar refractivity (Wildman–Crippen MR) is 93.3 cm³/mol. The molecule has 3 aromatic rings. The molecule has 21 heavy (non-hydrogen) atoms. The summed E-state index contributed by atoms with van der Waals surface area (Å²) in [5.41, 5.74) is 2.39. The lowest BCUT2D eigenvalue weighted by atomic mass is 10.2. The molecule has 0 saturated carbocycles. The van der Waals surface area contributed by atoms with Gasteiger partial charge in [0, 0.05) is 33.3 Å². The SMILES string of the molecule is COc1cc(Cn2ccc3c(I)cccc32)cc(OC)c1. The normalized spacial score (nSPS) is 10.8. The summed E-state index contributed by atoms with van der Waals surface area (Å²) in [6, 6.07) is 14.5. The van der Waals surface area contributed by atoms with Gasteiger partial charge in [0.1, 0.15) is 11.5 Å². The Hall–Kier alpha value is -1.69. The van der Waals surface area contributed by atoms with Crippen LogP contribution in [0.1, 0.15) is 5.56 Å². The van der Waals surface area contributed by atoms with Gasteiger partial charge in [0.2, 0.25) is 0 Å². The van der Waals surface area contributed by atoms with Crippen molar-refractivity contribution in [3.05, 3.63) is 57.8 Å². The zero-order chi connectivity index (χ0) is 14.8. The minimum absolute atomic E-state index is 0.789. The van der Waals surface area contributed by atoms with Crippen LogP contribution in [0.25, 0.3) is 10.9 Å². The number of hydrogen-bond donors (Lipinski definition) is 0. The molecule has 0 saturated heterocycles. The summed E-state index contributed by atoms with van der Waals surface area (Å²) in [6.45, 7) is 0.789. The standard InChI is InChI=1S/C17H16INO2/c1-20-13-8-12(9-14(10-13)21-2)11-19-7-6-15-16(18)4-3-5-17(15)19/h3-10H,11H2,1-2H3. The second-order valence-electron chi connectivity index (χ2n) is 4.84. The summed E-state index contributed by atoms with van der Waals surface area (Å²) in [5.74, 6) is 1.63. The van der Waals surface area contributed by atoms with Gasteiger partial charge in [-0.2, -0.15) is 0 Å². The first-order valence-corrected chi connectivity index (χ1v) is 7.74. The lowest BCUT2D eigenvalue weighted by Gasteiger charge is -2.10. The van der Waals surface area contributed by atoms with Crippen LogP contribution in [0.15, 0.2) is 48.7 Å². The molecule has 0 amide bonds. The number of benzene rings is 2. The highest BCUT2D eigenvalue weighted by molar-refractivity contribution is 14.1. The minimum Gasteiger partial charge on any atom is -0.497 e. The number of rotatable bonds is 4. The van der Waals surface area contributed by atoms with E-state index in [1.165, 1.54) is 14.5 Å². The van der Waals surface area contributed by atoms with Crippen LogP contribution in [-0.4, -0.2) is 18.8 Å². The lowest BCUT2D eigenvalue weighted by Crippen LogP contribution is -1.99. The maximum atomic E-state index is 5.33. The largest absolute Gasteiger partial charge is 0.497 e.